The number of hydrogen-bond acceptors (Lipinski definition) is 8. The number of methoxy groups -OCH3 is 2. The quantitative estimate of drug-likeness (QED) is 0.140. The summed E-state index contributed by atoms with van der Waals surface area (Å²) in [7, 11) is 2.98. The highest BCUT2D eigenvalue weighted by Gasteiger charge is 2.70. The Labute approximate surface area is 322 Å². The number of ether oxygens (including phenoxy) is 2. The van der Waals surface area contributed by atoms with Crippen LogP contribution in [0.1, 0.15) is 42.4 Å². The number of aryl methyl sites for hydroxylation is 1. The molecule has 4 amide bonds. The average Bonchev–Trinajstić information content (AvgIpc) is 3.56. The van der Waals surface area contributed by atoms with Crippen molar-refractivity contribution in [3.05, 3.63) is 123 Å². The average molecular weight is 767 g/mol. The molecule has 3 fully saturated rings. The van der Waals surface area contributed by atoms with E-state index in [1.165, 1.54) is 24.1 Å². The monoisotopic (exact) mass is 765 g/mol. The van der Waals surface area contributed by atoms with Crippen LogP contribution < -0.4 is 19.8 Å². The van der Waals surface area contributed by atoms with Gasteiger partial charge in [-0.15, -0.1) is 0 Å². The molecule has 10 nitrogen and oxygen atoms in total. The number of anilines is 2. The molecule has 4 aromatic carbocycles. The Bertz CT molecular complexity index is 2240. The van der Waals surface area contributed by atoms with E-state index in [0.717, 1.165) is 22.6 Å². The summed E-state index contributed by atoms with van der Waals surface area (Å²) in [6.07, 6.45) is 3.18. The predicted molar refractivity (Wildman–Crippen MR) is 204 cm³/mol. The first kappa shape index (κ1) is 35.7. The van der Waals surface area contributed by atoms with Gasteiger partial charge in [-0.05, 0) is 96.5 Å². The first-order valence-electron chi connectivity index (χ1n) is 17.8. The summed E-state index contributed by atoms with van der Waals surface area (Å²) < 4.78 is 11.0. The number of phenols is 1. The summed E-state index contributed by atoms with van der Waals surface area (Å²) in [5, 5.41) is 12.3. The van der Waals surface area contributed by atoms with Crippen LogP contribution in [-0.2, 0) is 31.0 Å². The summed E-state index contributed by atoms with van der Waals surface area (Å²) in [6.45, 7) is 2.04. The third-order valence-corrected chi connectivity index (χ3v) is 12.3. The number of hydrogen-bond donors (Lipinski definition) is 2. The van der Waals surface area contributed by atoms with Crippen molar-refractivity contribution >= 4 is 58.2 Å². The first-order valence-corrected chi connectivity index (χ1v) is 18.6. The fourth-order valence-electron chi connectivity index (χ4n) is 9.23. The number of benzene rings is 4. The van der Waals surface area contributed by atoms with E-state index in [9.17, 15) is 19.5 Å². The minimum absolute atomic E-state index is 0.0999. The van der Waals surface area contributed by atoms with Crippen LogP contribution in [0.25, 0.3) is 0 Å². The summed E-state index contributed by atoms with van der Waals surface area (Å²) in [4.78, 5) is 60.4. The number of allylic oxidation sites excluding steroid dienone is 2. The zero-order chi connectivity index (χ0) is 38.1. The zero-order valence-electron chi connectivity index (χ0n) is 29.7. The number of halogens is 2. The topological polar surface area (TPSA) is 125 Å². The molecule has 276 valence electrons. The molecule has 2 heterocycles. The highest BCUT2D eigenvalue weighted by Crippen LogP contribution is 2.64. The lowest BCUT2D eigenvalue weighted by Gasteiger charge is -2.50. The number of fused-ring (bicyclic) bond motifs is 4. The van der Waals surface area contributed by atoms with Crippen molar-refractivity contribution in [2.45, 2.75) is 37.5 Å². The van der Waals surface area contributed by atoms with Crippen LogP contribution in [0.15, 0.2) is 96.6 Å². The Kier molecular flexibility index (Phi) is 8.93. The molecule has 6 atom stereocenters. The molecule has 0 radical (unpaired) electrons. The number of rotatable bonds is 8. The number of imide groups is 2. The van der Waals surface area contributed by atoms with Crippen molar-refractivity contribution in [2.75, 3.05) is 24.5 Å². The van der Waals surface area contributed by atoms with E-state index in [2.05, 4.69) is 5.43 Å². The van der Waals surface area contributed by atoms with E-state index in [1.807, 2.05) is 25.1 Å². The largest absolute Gasteiger partial charge is 0.504 e. The maximum Gasteiger partial charge on any atom is 0.260 e. The lowest BCUT2D eigenvalue weighted by Crippen LogP contribution is -2.53. The Morgan fingerprint density at radius 3 is 2.26 bits per heavy atom. The van der Waals surface area contributed by atoms with E-state index in [1.54, 1.807) is 67.8 Å². The van der Waals surface area contributed by atoms with Gasteiger partial charge in [0.1, 0.15) is 5.75 Å². The van der Waals surface area contributed by atoms with Crippen molar-refractivity contribution in [3.8, 4) is 17.2 Å². The van der Waals surface area contributed by atoms with Crippen molar-refractivity contribution < 1.29 is 33.8 Å². The molecule has 1 saturated carbocycles. The Morgan fingerprint density at radius 1 is 0.852 bits per heavy atom. The van der Waals surface area contributed by atoms with Gasteiger partial charge in [0, 0.05) is 10.9 Å². The molecule has 2 aliphatic carbocycles. The second kappa shape index (κ2) is 13.5. The molecule has 8 rings (SSSR count). The molecule has 4 aromatic rings. The Balaban J connectivity index is 1.33. The molecule has 2 aliphatic heterocycles. The number of carbonyl (C=O) groups is 4. The maximum atomic E-state index is 15.4. The van der Waals surface area contributed by atoms with Crippen LogP contribution in [0.2, 0.25) is 10.0 Å². The number of phenolic OH excluding ortho intramolecular Hbond substituents is 1. The fraction of sp³-hybridized carbons (Fsp3) is 0.286. The van der Waals surface area contributed by atoms with Gasteiger partial charge in [-0.3, -0.25) is 29.5 Å². The van der Waals surface area contributed by atoms with E-state index in [-0.39, 0.29) is 41.2 Å². The molecule has 0 aromatic heterocycles. The minimum Gasteiger partial charge on any atom is -0.504 e. The Morgan fingerprint density at radius 2 is 1.59 bits per heavy atom. The van der Waals surface area contributed by atoms with Gasteiger partial charge in [0.2, 0.25) is 11.8 Å². The number of aromatic hydroxyl groups is 1. The van der Waals surface area contributed by atoms with Crippen molar-refractivity contribution in [3.63, 3.8) is 0 Å². The van der Waals surface area contributed by atoms with Gasteiger partial charge in [-0.1, -0.05) is 72.1 Å². The summed E-state index contributed by atoms with van der Waals surface area (Å²) in [5.74, 6) is -4.82. The summed E-state index contributed by atoms with van der Waals surface area (Å²) >= 11 is 12.7. The number of carbonyl (C=O) groups excluding carboxylic acids is 4. The van der Waals surface area contributed by atoms with Crippen molar-refractivity contribution in [2.24, 2.45) is 23.7 Å². The van der Waals surface area contributed by atoms with Gasteiger partial charge in [0.05, 0.1) is 53.8 Å². The molecule has 12 heteroatoms. The van der Waals surface area contributed by atoms with Crippen LogP contribution in [-0.4, -0.2) is 48.0 Å². The summed E-state index contributed by atoms with van der Waals surface area (Å²) in [6, 6.07) is 24.1. The third kappa shape index (κ3) is 5.29. The molecule has 0 unspecified atom stereocenters. The SMILES string of the molecule is CCc1ccc(N2C(=O)[C@H]3[C@H](CC=C4[C@H]3C[C@H]3C(=O)N(Nc5ccc(Cl)cc5Cl)C(=O)[C@@]3(c3ccc(OC)cc3)[C@H]4c3ccc(O)c(OC)c3)C2=O)cc1. The zero-order valence-corrected chi connectivity index (χ0v) is 31.2. The highest BCUT2D eigenvalue weighted by atomic mass is 35.5. The van der Waals surface area contributed by atoms with E-state index >= 15 is 4.79 Å². The van der Waals surface area contributed by atoms with E-state index < -0.39 is 46.8 Å². The van der Waals surface area contributed by atoms with Crippen LogP contribution >= 0.6 is 23.2 Å². The lowest BCUT2D eigenvalue weighted by atomic mass is 9.49. The van der Waals surface area contributed by atoms with Crippen LogP contribution in [0.5, 0.6) is 17.2 Å². The van der Waals surface area contributed by atoms with Gasteiger partial charge in [0.25, 0.3) is 11.8 Å². The van der Waals surface area contributed by atoms with E-state index in [0.29, 0.717) is 33.3 Å². The fourth-order valence-corrected chi connectivity index (χ4v) is 9.68. The maximum absolute atomic E-state index is 15.4. The number of amides is 4. The van der Waals surface area contributed by atoms with Gasteiger partial charge < -0.3 is 14.6 Å². The highest BCUT2D eigenvalue weighted by molar-refractivity contribution is 6.36. The van der Waals surface area contributed by atoms with Crippen LogP contribution in [0, 0.1) is 23.7 Å². The van der Waals surface area contributed by atoms with Crippen LogP contribution in [0.3, 0.4) is 0 Å². The van der Waals surface area contributed by atoms with Gasteiger partial charge in [-0.2, -0.15) is 5.01 Å². The molecular formula is C42H37Cl2N3O7. The minimum atomic E-state index is -1.55. The number of hydrazine groups is 1. The predicted octanol–water partition coefficient (Wildman–Crippen LogP) is 7.47. The second-order valence-electron chi connectivity index (χ2n) is 14.2. The van der Waals surface area contributed by atoms with E-state index in [4.69, 9.17) is 32.7 Å². The number of nitrogens with zero attached hydrogens (tertiary/aromatic N) is 2. The van der Waals surface area contributed by atoms with Gasteiger partial charge in [-0.25, -0.2) is 0 Å². The molecule has 0 bridgehead atoms. The Hall–Kier alpha value is -5.32. The van der Waals surface area contributed by atoms with Crippen molar-refractivity contribution in [1.82, 2.24) is 5.01 Å². The van der Waals surface area contributed by atoms with Crippen LogP contribution in [0.4, 0.5) is 11.4 Å². The second-order valence-corrected chi connectivity index (χ2v) is 15.0. The van der Waals surface area contributed by atoms with Crippen molar-refractivity contribution in [1.29, 1.82) is 0 Å². The molecule has 2 saturated heterocycles. The molecule has 2 N–H and O–H groups in total. The summed E-state index contributed by atoms with van der Waals surface area (Å²) in [5.41, 5.74) is 5.26. The standard InChI is InChI=1S/C42H37Cl2N3O7/c1-4-22-5-11-26(12-6-22)46-38(49)29-16-15-28-30(36(29)40(46)51)21-31-39(50)47(45-33-17-10-25(43)20-32(33)44)41(52)42(31,24-8-13-27(53-2)14-9-24)37(28)23-7-18-34(48)35(19-23)54-3/h5-15,17-20,29-31,36-37,45,48H,4,16,21H2,1-3H3/t29-,30+,31-,36-,37-,42+/m0/s1. The van der Waals surface area contributed by atoms with Gasteiger partial charge >= 0.3 is 0 Å². The molecule has 0 spiro atoms. The number of nitrogens with one attached hydrogen (secondary N) is 1. The first-order chi connectivity index (χ1) is 26.0. The molecule has 4 aliphatic rings. The van der Waals surface area contributed by atoms with Gasteiger partial charge in [0.15, 0.2) is 11.5 Å². The molecular weight excluding hydrogens is 729 g/mol. The smallest absolute Gasteiger partial charge is 0.260 e. The lowest BCUT2D eigenvalue weighted by molar-refractivity contribution is -0.138. The normalized spacial score (nSPS) is 25.9. The third-order valence-electron chi connectivity index (χ3n) is 11.7. The molecule has 54 heavy (non-hydrogen) atoms.